The van der Waals surface area contributed by atoms with Gasteiger partial charge in [0.1, 0.15) is 0 Å². The molecule has 0 atom stereocenters. The molecule has 1 rings (SSSR count). The summed E-state index contributed by atoms with van der Waals surface area (Å²) in [7, 11) is 0. The lowest BCUT2D eigenvalue weighted by molar-refractivity contribution is -0.374. The fourth-order valence-electron chi connectivity index (χ4n) is 0.661. The second-order valence-electron chi connectivity index (χ2n) is 3.42. The number of aliphatic hydroxyl groups is 3. The van der Waals surface area contributed by atoms with Gasteiger partial charge in [0.25, 0.3) is 0 Å². The van der Waals surface area contributed by atoms with Gasteiger partial charge in [-0.25, -0.2) is 0 Å². The predicted octanol–water partition coefficient (Wildman–Crippen LogP) is 1.96. The molecule has 25 heavy (non-hydrogen) atoms. The number of hydrogen-bond acceptors (Lipinski definition) is 7. The first kappa shape index (κ1) is 49.8. The third kappa shape index (κ3) is 97.4. The van der Waals surface area contributed by atoms with Crippen LogP contribution in [0, 0.1) is 0 Å². The summed E-state index contributed by atoms with van der Waals surface area (Å²) in [5, 5.41) is 34.0. The molecule has 0 aromatic heterocycles. The van der Waals surface area contributed by atoms with Crippen LogP contribution < -0.4 is 5.11 Å². The molecule has 0 aliphatic carbocycles. The molecule has 1 fully saturated rings. The van der Waals surface area contributed by atoms with Crippen LogP contribution in [0.2, 0.25) is 0 Å². The Morgan fingerprint density at radius 3 is 1.28 bits per heavy atom. The Bertz CT molecular complexity index is 124. The van der Waals surface area contributed by atoms with E-state index < -0.39 is 0 Å². The minimum absolute atomic E-state index is 0. The van der Waals surface area contributed by atoms with E-state index in [4.69, 9.17) is 24.8 Å². The van der Waals surface area contributed by atoms with Crippen LogP contribution >= 0.6 is 0 Å². The van der Waals surface area contributed by atoms with Crippen LogP contribution in [0.5, 0.6) is 0 Å². The minimum atomic E-state index is -0.183. The zero-order valence-corrected chi connectivity index (χ0v) is 11.5. The summed E-state index contributed by atoms with van der Waals surface area (Å²) in [5.41, 5.74) is 0. The van der Waals surface area contributed by atoms with Crippen LogP contribution in [0.3, 0.4) is 0 Å². The molecular weight excluding hydrogens is 328 g/mol. The molecule has 1 saturated heterocycles. The molecule has 0 aromatic carbocycles. The van der Waals surface area contributed by atoms with Crippen molar-refractivity contribution in [3.63, 3.8) is 0 Å². The van der Waals surface area contributed by atoms with Gasteiger partial charge in [-0.15, -0.1) is 6.61 Å². The van der Waals surface area contributed by atoms with Gasteiger partial charge >= 0.3 is 0 Å². The van der Waals surface area contributed by atoms with Gasteiger partial charge in [0.2, 0.25) is 0 Å². The normalized spacial score (nSPS) is 9.12. The quantitative estimate of drug-likeness (QED) is 0.392. The lowest BCUT2D eigenvalue weighted by Crippen LogP contribution is -2.14. The van der Waals surface area contributed by atoms with E-state index in [9.17, 15) is 5.11 Å². The van der Waals surface area contributed by atoms with Gasteiger partial charge in [-0.05, 0) is 12.8 Å². The Labute approximate surface area is 159 Å². The molecule has 7 heteroatoms. The van der Waals surface area contributed by atoms with Crippen molar-refractivity contribution in [2.24, 2.45) is 0 Å². The molecule has 0 unspecified atom stereocenters. The van der Waals surface area contributed by atoms with E-state index in [0.29, 0.717) is 26.2 Å². The van der Waals surface area contributed by atoms with Gasteiger partial charge in [-0.2, -0.15) is 0 Å². The van der Waals surface area contributed by atoms with Crippen LogP contribution in [0.15, 0.2) is 0 Å². The summed E-state index contributed by atoms with van der Waals surface area (Å²) in [5.74, 6) is 0. The van der Waals surface area contributed by atoms with Gasteiger partial charge in [0.05, 0.1) is 26.4 Å². The number of rotatable bonds is 10. The Balaban J connectivity index is -0.0000000298. The zero-order chi connectivity index (χ0) is 14.6. The standard InChI is InChI=1S/C7H15O4.C3H8O2.C2H4O.6CH4/c8-2-6-10-4-1-5-11-7-3-9;4-2-1-3-5;1-2-3-1;;;;;;/h8H,1-7H2;4-5H,1-3H2;1-2H2;6*1H4/q-1;;;;;;;;. The van der Waals surface area contributed by atoms with E-state index >= 15 is 0 Å². The van der Waals surface area contributed by atoms with Crippen LogP contribution in [0.4, 0.5) is 0 Å². The van der Waals surface area contributed by atoms with Crippen molar-refractivity contribution in [1.82, 2.24) is 0 Å². The van der Waals surface area contributed by atoms with Crippen LogP contribution in [-0.2, 0) is 14.2 Å². The highest BCUT2D eigenvalue weighted by atomic mass is 16.6. The third-order valence-corrected chi connectivity index (χ3v) is 1.56. The van der Waals surface area contributed by atoms with Crippen molar-refractivity contribution in [1.29, 1.82) is 0 Å². The van der Waals surface area contributed by atoms with Crippen molar-refractivity contribution >= 4 is 0 Å². The van der Waals surface area contributed by atoms with Crippen LogP contribution in [0.1, 0.15) is 57.4 Å². The molecule has 0 bridgehead atoms. The van der Waals surface area contributed by atoms with Gasteiger partial charge in [0, 0.05) is 33.0 Å². The number of epoxide rings is 1. The molecule has 1 aliphatic heterocycles. The van der Waals surface area contributed by atoms with Gasteiger partial charge < -0.3 is 34.6 Å². The first-order valence-electron chi connectivity index (χ1n) is 6.47. The van der Waals surface area contributed by atoms with Crippen LogP contribution in [-0.4, -0.2) is 81.4 Å². The van der Waals surface area contributed by atoms with E-state index in [-0.39, 0.29) is 77.6 Å². The molecule has 3 N–H and O–H groups in total. The Hall–Kier alpha value is -0.280. The Morgan fingerprint density at radius 2 is 1.04 bits per heavy atom. The van der Waals surface area contributed by atoms with Crippen molar-refractivity contribution in [2.45, 2.75) is 57.4 Å². The molecule has 0 spiro atoms. The monoisotopic (exact) mass is 379 g/mol. The number of aliphatic hydroxyl groups excluding tert-OH is 3. The fourth-order valence-corrected chi connectivity index (χ4v) is 0.661. The lowest BCUT2D eigenvalue weighted by atomic mass is 10.5. The summed E-state index contributed by atoms with van der Waals surface area (Å²) in [6.07, 6.45) is 1.28. The summed E-state index contributed by atoms with van der Waals surface area (Å²) in [4.78, 5) is 0. The molecule has 7 nitrogen and oxygen atoms in total. The molecule has 1 heterocycles. The maximum atomic E-state index is 9.88. The van der Waals surface area contributed by atoms with Crippen molar-refractivity contribution in [3.8, 4) is 0 Å². The SMILES string of the molecule is C.C.C.C.C.C.C1CO1.OCCCO.[O-]CCOCCCOCCO. The summed E-state index contributed by atoms with van der Waals surface area (Å²) >= 11 is 0. The zero-order valence-electron chi connectivity index (χ0n) is 11.5. The topological polar surface area (TPSA) is 115 Å². The van der Waals surface area contributed by atoms with E-state index in [0.717, 1.165) is 19.6 Å². The molecule has 0 amide bonds. The summed E-state index contributed by atoms with van der Waals surface area (Å²) in [6.45, 7) is 3.86. The van der Waals surface area contributed by atoms with E-state index in [1.165, 1.54) is 0 Å². The van der Waals surface area contributed by atoms with E-state index in [1.807, 2.05) is 0 Å². The van der Waals surface area contributed by atoms with Gasteiger partial charge in [0.15, 0.2) is 0 Å². The predicted molar refractivity (Wildman–Crippen MR) is 108 cm³/mol. The van der Waals surface area contributed by atoms with Gasteiger partial charge in [-0.1, -0.05) is 44.6 Å². The molecule has 0 radical (unpaired) electrons. The smallest absolute Gasteiger partial charge is 0.0701 e. The largest absolute Gasteiger partial charge is 0.853 e. The maximum Gasteiger partial charge on any atom is 0.0701 e. The average Bonchev–Trinajstić information content (AvgIpc) is 3.28. The number of ether oxygens (including phenoxy) is 3. The van der Waals surface area contributed by atoms with Crippen molar-refractivity contribution < 1.29 is 34.6 Å². The fraction of sp³-hybridized carbons (Fsp3) is 1.00. The molecule has 1 aliphatic rings. The summed E-state index contributed by atoms with van der Waals surface area (Å²) < 4.78 is 14.4. The second-order valence-corrected chi connectivity index (χ2v) is 3.42. The summed E-state index contributed by atoms with van der Waals surface area (Å²) in [6, 6.07) is 0. The average molecular weight is 380 g/mol. The molecule has 0 saturated carbocycles. The second kappa shape index (κ2) is 56.5. The van der Waals surface area contributed by atoms with E-state index in [2.05, 4.69) is 4.74 Å². The van der Waals surface area contributed by atoms with E-state index in [1.54, 1.807) is 0 Å². The number of hydrogen-bond donors (Lipinski definition) is 3. The van der Waals surface area contributed by atoms with Crippen molar-refractivity contribution in [3.05, 3.63) is 0 Å². The highest BCUT2D eigenvalue weighted by molar-refractivity contribution is 4.36. The highest BCUT2D eigenvalue weighted by Crippen LogP contribution is 1.85. The maximum absolute atomic E-state index is 9.88. The van der Waals surface area contributed by atoms with Crippen molar-refractivity contribution in [2.75, 3.05) is 66.1 Å². The van der Waals surface area contributed by atoms with Gasteiger partial charge in [-0.3, -0.25) is 0 Å². The molecule has 166 valence electrons. The molecule has 0 aromatic rings. The molecular formula is C18H51O7-. The van der Waals surface area contributed by atoms with Crippen LogP contribution in [0.25, 0.3) is 0 Å². The highest BCUT2D eigenvalue weighted by Gasteiger charge is 1.94. The lowest BCUT2D eigenvalue weighted by Gasteiger charge is -2.05. The Kier molecular flexibility index (Phi) is 112. The first-order valence-corrected chi connectivity index (χ1v) is 6.47. The Morgan fingerprint density at radius 1 is 0.640 bits per heavy atom. The third-order valence-electron chi connectivity index (χ3n) is 1.56. The first-order chi connectivity index (χ1) is 9.33. The minimum Gasteiger partial charge on any atom is -0.853 e.